The Morgan fingerprint density at radius 1 is 0.667 bits per heavy atom. The molecule has 0 aromatic carbocycles. The van der Waals surface area contributed by atoms with E-state index in [2.05, 4.69) is 20.4 Å². The molecule has 138 valence electrons. The minimum Gasteiger partial charge on any atom is -0.335 e. The fraction of sp³-hybridized carbons (Fsp3) is 0.947. The van der Waals surface area contributed by atoms with Gasteiger partial charge in [0, 0.05) is 38.3 Å². The zero-order valence-corrected chi connectivity index (χ0v) is 15.3. The summed E-state index contributed by atoms with van der Waals surface area (Å²) in [4.78, 5) is 17.3. The lowest BCUT2D eigenvalue weighted by atomic mass is 9.96. The average molecular weight is 337 g/mol. The van der Waals surface area contributed by atoms with Gasteiger partial charge in [-0.25, -0.2) is 4.79 Å². The molecule has 3 rings (SSSR count). The fourth-order valence-corrected chi connectivity index (χ4v) is 4.43. The van der Waals surface area contributed by atoms with E-state index in [0.717, 1.165) is 38.8 Å². The Balaban J connectivity index is 1.27. The lowest BCUT2D eigenvalue weighted by Gasteiger charge is -2.35. The third-order valence-electron chi connectivity index (χ3n) is 6.04. The van der Waals surface area contributed by atoms with Gasteiger partial charge in [0.05, 0.1) is 0 Å². The molecule has 0 spiro atoms. The molecule has 2 N–H and O–H groups in total. The number of carbonyl (C=O) groups excluding carboxylic acids is 1. The topological polar surface area (TPSA) is 47.6 Å². The first-order valence-electron chi connectivity index (χ1n) is 10.3. The molecule has 2 amide bonds. The molecule has 5 heteroatoms. The molecular weight excluding hydrogens is 300 g/mol. The highest BCUT2D eigenvalue weighted by Crippen LogP contribution is 2.17. The number of amides is 2. The molecule has 3 aliphatic rings. The van der Waals surface area contributed by atoms with Gasteiger partial charge >= 0.3 is 6.03 Å². The summed E-state index contributed by atoms with van der Waals surface area (Å²) in [6.45, 7) is 7.25. The molecule has 5 nitrogen and oxygen atoms in total. The molecule has 2 saturated heterocycles. The minimum absolute atomic E-state index is 0.0636. The largest absolute Gasteiger partial charge is 0.335 e. The number of hydrogen-bond acceptors (Lipinski definition) is 3. The van der Waals surface area contributed by atoms with Crippen LogP contribution in [0.3, 0.4) is 0 Å². The van der Waals surface area contributed by atoms with E-state index in [1.54, 1.807) is 0 Å². The number of hydrogen-bond donors (Lipinski definition) is 2. The minimum atomic E-state index is 0.0636. The predicted octanol–water partition coefficient (Wildman–Crippen LogP) is 2.57. The summed E-state index contributed by atoms with van der Waals surface area (Å²) >= 11 is 0. The molecule has 0 unspecified atom stereocenters. The van der Waals surface area contributed by atoms with Crippen LogP contribution in [-0.2, 0) is 0 Å². The highest BCUT2D eigenvalue weighted by atomic mass is 16.2. The van der Waals surface area contributed by atoms with Crippen molar-refractivity contribution in [2.24, 2.45) is 0 Å². The summed E-state index contributed by atoms with van der Waals surface area (Å²) in [5, 5.41) is 6.38. The van der Waals surface area contributed by atoms with Crippen molar-refractivity contribution in [3.05, 3.63) is 0 Å². The fourth-order valence-electron chi connectivity index (χ4n) is 4.43. The Labute approximate surface area is 147 Å². The maximum Gasteiger partial charge on any atom is 0.315 e. The zero-order valence-electron chi connectivity index (χ0n) is 15.3. The quantitative estimate of drug-likeness (QED) is 0.811. The van der Waals surface area contributed by atoms with Gasteiger partial charge in [-0.15, -0.1) is 0 Å². The third-order valence-corrected chi connectivity index (χ3v) is 6.04. The number of rotatable bonds is 5. The van der Waals surface area contributed by atoms with Crippen molar-refractivity contribution in [1.82, 2.24) is 20.4 Å². The van der Waals surface area contributed by atoms with Gasteiger partial charge in [-0.05, 0) is 51.6 Å². The highest BCUT2D eigenvalue weighted by molar-refractivity contribution is 5.74. The summed E-state index contributed by atoms with van der Waals surface area (Å²) in [6.07, 6.45) is 12.5. The second kappa shape index (κ2) is 9.62. The van der Waals surface area contributed by atoms with Crippen molar-refractivity contribution >= 4 is 6.03 Å². The third kappa shape index (κ3) is 5.92. The van der Waals surface area contributed by atoms with Gasteiger partial charge in [-0.3, -0.25) is 0 Å². The molecule has 1 aliphatic carbocycles. The number of urea groups is 1. The molecule has 0 bridgehead atoms. The van der Waals surface area contributed by atoms with Gasteiger partial charge in [0.25, 0.3) is 0 Å². The number of carbonyl (C=O) groups is 1. The Morgan fingerprint density at radius 2 is 1.17 bits per heavy atom. The van der Waals surface area contributed by atoms with E-state index in [1.807, 2.05) is 0 Å². The summed E-state index contributed by atoms with van der Waals surface area (Å²) in [7, 11) is 0. The number of nitrogens with one attached hydrogen (secondary N) is 2. The van der Waals surface area contributed by atoms with E-state index in [1.165, 1.54) is 64.7 Å². The average Bonchev–Trinajstić information content (AvgIpc) is 2.63. The summed E-state index contributed by atoms with van der Waals surface area (Å²) in [6, 6.07) is 0.830. The van der Waals surface area contributed by atoms with Gasteiger partial charge in [0.1, 0.15) is 0 Å². The normalized spacial score (nSPS) is 25.5. The van der Waals surface area contributed by atoms with Crippen molar-refractivity contribution in [1.29, 1.82) is 0 Å². The van der Waals surface area contributed by atoms with Crippen LogP contribution in [0.25, 0.3) is 0 Å². The molecule has 24 heavy (non-hydrogen) atoms. The Bertz CT molecular complexity index is 370. The summed E-state index contributed by atoms with van der Waals surface area (Å²) in [5.74, 6) is 0. The highest BCUT2D eigenvalue weighted by Gasteiger charge is 2.22. The van der Waals surface area contributed by atoms with E-state index >= 15 is 0 Å². The van der Waals surface area contributed by atoms with E-state index in [9.17, 15) is 4.79 Å². The van der Waals surface area contributed by atoms with E-state index in [-0.39, 0.29) is 6.03 Å². The Kier molecular flexibility index (Phi) is 7.21. The van der Waals surface area contributed by atoms with Crippen LogP contribution in [-0.4, -0.2) is 67.2 Å². The van der Waals surface area contributed by atoms with Crippen LogP contribution in [0, 0.1) is 0 Å². The SMILES string of the molecule is O=C(NC1CCCCC1)NC1CCN(CCN2CCCCC2)CC1. The van der Waals surface area contributed by atoms with Crippen molar-refractivity contribution < 1.29 is 4.79 Å². The monoisotopic (exact) mass is 336 g/mol. The van der Waals surface area contributed by atoms with Crippen LogP contribution in [0.4, 0.5) is 4.79 Å². The van der Waals surface area contributed by atoms with Gasteiger partial charge in [0.2, 0.25) is 0 Å². The van der Waals surface area contributed by atoms with Crippen LogP contribution in [0.5, 0.6) is 0 Å². The van der Waals surface area contributed by atoms with Gasteiger partial charge in [-0.1, -0.05) is 25.7 Å². The summed E-state index contributed by atoms with van der Waals surface area (Å²) in [5.41, 5.74) is 0. The molecule has 0 atom stereocenters. The molecule has 0 radical (unpaired) electrons. The van der Waals surface area contributed by atoms with Crippen LogP contribution in [0.1, 0.15) is 64.2 Å². The van der Waals surface area contributed by atoms with Gasteiger partial charge in [0.15, 0.2) is 0 Å². The maximum atomic E-state index is 12.2. The lowest BCUT2D eigenvalue weighted by Crippen LogP contribution is -2.51. The standard InChI is InChI=1S/C19H36N4O/c24-19(20-17-7-3-1-4-8-17)21-18-9-13-23(14-10-18)16-15-22-11-5-2-6-12-22/h17-18H,1-16H2,(H2,20,21,24). The Hall–Kier alpha value is -0.810. The van der Waals surface area contributed by atoms with Crippen LogP contribution in [0.2, 0.25) is 0 Å². The number of likely N-dealkylation sites (tertiary alicyclic amines) is 2. The second-order valence-corrected chi connectivity index (χ2v) is 7.97. The maximum absolute atomic E-state index is 12.2. The van der Waals surface area contributed by atoms with Crippen molar-refractivity contribution in [2.45, 2.75) is 76.3 Å². The van der Waals surface area contributed by atoms with Crippen molar-refractivity contribution in [3.63, 3.8) is 0 Å². The molecule has 2 aliphatic heterocycles. The first kappa shape index (κ1) is 18.0. The van der Waals surface area contributed by atoms with Crippen molar-refractivity contribution in [3.8, 4) is 0 Å². The molecule has 0 aromatic heterocycles. The van der Waals surface area contributed by atoms with Crippen LogP contribution >= 0.6 is 0 Å². The molecule has 3 fully saturated rings. The first-order chi connectivity index (χ1) is 11.8. The van der Waals surface area contributed by atoms with E-state index in [0.29, 0.717) is 12.1 Å². The lowest BCUT2D eigenvalue weighted by molar-refractivity contribution is 0.153. The zero-order chi connectivity index (χ0) is 16.6. The summed E-state index contributed by atoms with van der Waals surface area (Å²) < 4.78 is 0. The van der Waals surface area contributed by atoms with E-state index < -0.39 is 0 Å². The predicted molar refractivity (Wildman–Crippen MR) is 98.3 cm³/mol. The molecular formula is C19H36N4O. The second-order valence-electron chi connectivity index (χ2n) is 7.97. The first-order valence-corrected chi connectivity index (χ1v) is 10.3. The van der Waals surface area contributed by atoms with Crippen molar-refractivity contribution in [2.75, 3.05) is 39.3 Å². The number of piperidine rings is 2. The molecule has 2 heterocycles. The smallest absolute Gasteiger partial charge is 0.315 e. The number of nitrogens with zero attached hydrogens (tertiary/aromatic N) is 2. The van der Waals surface area contributed by atoms with Gasteiger partial charge in [-0.2, -0.15) is 0 Å². The Morgan fingerprint density at radius 3 is 1.79 bits per heavy atom. The van der Waals surface area contributed by atoms with E-state index in [4.69, 9.17) is 0 Å². The molecule has 0 aromatic rings. The van der Waals surface area contributed by atoms with Crippen LogP contribution in [0.15, 0.2) is 0 Å². The van der Waals surface area contributed by atoms with Gasteiger partial charge < -0.3 is 20.4 Å². The van der Waals surface area contributed by atoms with Crippen LogP contribution < -0.4 is 10.6 Å². The molecule has 1 saturated carbocycles.